The zero-order chi connectivity index (χ0) is 12.4. The Hall–Kier alpha value is -1.75. The smallest absolute Gasteiger partial charge is 0.264 e. The fraction of sp³-hybridized carbons (Fsp3) is 0.462. The average molecular weight is 248 g/mol. The molecule has 1 atom stereocenters. The molecular formula is C13H16N2O3. The first-order chi connectivity index (χ1) is 8.83. The van der Waals surface area contributed by atoms with Crippen LogP contribution in [-0.2, 0) is 4.79 Å². The Labute approximate surface area is 105 Å². The number of rotatable bonds is 3. The summed E-state index contributed by atoms with van der Waals surface area (Å²) in [6, 6.07) is 7.39. The topological polar surface area (TPSA) is 59.6 Å². The van der Waals surface area contributed by atoms with E-state index < -0.39 is 6.10 Å². The second kappa shape index (κ2) is 4.86. The number of para-hydroxylation sites is 2. The molecule has 0 spiro atoms. The van der Waals surface area contributed by atoms with Crippen LogP contribution in [0.2, 0.25) is 0 Å². The maximum absolute atomic E-state index is 11.9. The predicted octanol–water partition coefficient (Wildman–Crippen LogP) is 0.162. The molecule has 3 rings (SSSR count). The maximum Gasteiger partial charge on any atom is 0.264 e. The van der Waals surface area contributed by atoms with E-state index in [0.29, 0.717) is 24.0 Å². The van der Waals surface area contributed by atoms with Gasteiger partial charge in [-0.05, 0) is 12.1 Å². The van der Waals surface area contributed by atoms with Gasteiger partial charge < -0.3 is 20.1 Å². The summed E-state index contributed by atoms with van der Waals surface area (Å²) in [6.45, 7) is 2.93. The van der Waals surface area contributed by atoms with E-state index >= 15 is 0 Å². The van der Waals surface area contributed by atoms with Gasteiger partial charge in [0, 0.05) is 25.6 Å². The van der Waals surface area contributed by atoms with Crippen molar-refractivity contribution in [1.29, 1.82) is 0 Å². The highest BCUT2D eigenvalue weighted by Crippen LogP contribution is 2.30. The zero-order valence-corrected chi connectivity index (χ0v) is 10.0. The van der Waals surface area contributed by atoms with Gasteiger partial charge in [0.15, 0.2) is 11.5 Å². The summed E-state index contributed by atoms with van der Waals surface area (Å²) in [6.07, 6.45) is -0.548. The van der Waals surface area contributed by atoms with Gasteiger partial charge in [0.25, 0.3) is 5.91 Å². The molecule has 1 fully saturated rings. The van der Waals surface area contributed by atoms with E-state index in [9.17, 15) is 4.79 Å². The second-order valence-electron chi connectivity index (χ2n) is 4.63. The number of hydrogen-bond donors (Lipinski definition) is 2. The molecule has 18 heavy (non-hydrogen) atoms. The Morgan fingerprint density at radius 1 is 1.33 bits per heavy atom. The molecule has 2 N–H and O–H groups in total. The lowest BCUT2D eigenvalue weighted by Gasteiger charge is -2.29. The summed E-state index contributed by atoms with van der Waals surface area (Å²) < 4.78 is 11.1. The highest BCUT2D eigenvalue weighted by Gasteiger charge is 2.28. The Balaban J connectivity index is 1.56. The van der Waals surface area contributed by atoms with Gasteiger partial charge in [0.05, 0.1) is 0 Å². The molecule has 0 saturated carbocycles. The monoisotopic (exact) mass is 248 g/mol. The summed E-state index contributed by atoms with van der Waals surface area (Å²) in [7, 11) is 0. The molecule has 1 unspecified atom stereocenters. The van der Waals surface area contributed by atoms with Crippen LogP contribution in [0.25, 0.3) is 0 Å². The minimum Gasteiger partial charge on any atom is -0.485 e. The number of fused-ring (bicyclic) bond motifs is 1. The SMILES string of the molecule is O=C(NCC1CNC1)C1COc2ccccc2O1. The van der Waals surface area contributed by atoms with Crippen molar-refractivity contribution in [2.75, 3.05) is 26.2 Å². The fourth-order valence-electron chi connectivity index (χ4n) is 2.00. The minimum absolute atomic E-state index is 0.101. The summed E-state index contributed by atoms with van der Waals surface area (Å²) in [5, 5.41) is 6.07. The molecule has 2 heterocycles. The van der Waals surface area contributed by atoms with Crippen LogP contribution in [0.15, 0.2) is 24.3 Å². The fourth-order valence-corrected chi connectivity index (χ4v) is 2.00. The van der Waals surface area contributed by atoms with Gasteiger partial charge in [0.1, 0.15) is 6.61 Å². The van der Waals surface area contributed by atoms with E-state index in [1.807, 2.05) is 24.3 Å². The van der Waals surface area contributed by atoms with Crippen LogP contribution < -0.4 is 20.1 Å². The van der Waals surface area contributed by atoms with Crippen LogP contribution in [0, 0.1) is 5.92 Å². The number of amides is 1. The largest absolute Gasteiger partial charge is 0.485 e. The van der Waals surface area contributed by atoms with Crippen LogP contribution in [0.1, 0.15) is 0 Å². The first-order valence-electron chi connectivity index (χ1n) is 6.20. The Bertz CT molecular complexity index is 446. The highest BCUT2D eigenvalue weighted by atomic mass is 16.6. The van der Waals surface area contributed by atoms with E-state index in [0.717, 1.165) is 13.1 Å². The molecular weight excluding hydrogens is 232 g/mol. The van der Waals surface area contributed by atoms with E-state index in [4.69, 9.17) is 9.47 Å². The molecule has 0 bridgehead atoms. The van der Waals surface area contributed by atoms with Gasteiger partial charge in [-0.1, -0.05) is 12.1 Å². The van der Waals surface area contributed by atoms with Gasteiger partial charge in [-0.2, -0.15) is 0 Å². The van der Waals surface area contributed by atoms with Crippen molar-refractivity contribution in [1.82, 2.24) is 10.6 Å². The van der Waals surface area contributed by atoms with E-state index in [1.54, 1.807) is 0 Å². The lowest BCUT2D eigenvalue weighted by Crippen LogP contribution is -2.51. The number of carbonyl (C=O) groups is 1. The molecule has 1 aromatic rings. The number of carbonyl (C=O) groups excluding carboxylic acids is 1. The van der Waals surface area contributed by atoms with Crippen molar-refractivity contribution in [3.63, 3.8) is 0 Å². The summed E-state index contributed by atoms with van der Waals surface area (Å²) in [5.41, 5.74) is 0. The highest BCUT2D eigenvalue weighted by molar-refractivity contribution is 5.81. The summed E-state index contributed by atoms with van der Waals surface area (Å²) in [5.74, 6) is 1.78. The number of nitrogens with one attached hydrogen (secondary N) is 2. The molecule has 5 nitrogen and oxygen atoms in total. The van der Waals surface area contributed by atoms with Crippen molar-refractivity contribution in [3.8, 4) is 11.5 Å². The molecule has 1 saturated heterocycles. The third-order valence-corrected chi connectivity index (χ3v) is 3.23. The number of hydrogen-bond acceptors (Lipinski definition) is 4. The maximum atomic E-state index is 11.9. The first-order valence-corrected chi connectivity index (χ1v) is 6.20. The van der Waals surface area contributed by atoms with Crippen molar-refractivity contribution in [2.24, 2.45) is 5.92 Å². The zero-order valence-electron chi connectivity index (χ0n) is 10.0. The van der Waals surface area contributed by atoms with E-state index in [2.05, 4.69) is 10.6 Å². The summed E-state index contributed by atoms with van der Waals surface area (Å²) in [4.78, 5) is 11.9. The Kier molecular flexibility index (Phi) is 3.06. The minimum atomic E-state index is -0.548. The van der Waals surface area contributed by atoms with Gasteiger partial charge in [0.2, 0.25) is 6.10 Å². The van der Waals surface area contributed by atoms with Gasteiger partial charge in [-0.15, -0.1) is 0 Å². The first kappa shape index (κ1) is 11.3. The van der Waals surface area contributed by atoms with Crippen molar-refractivity contribution in [2.45, 2.75) is 6.10 Å². The van der Waals surface area contributed by atoms with Crippen LogP contribution in [0.5, 0.6) is 11.5 Å². The Morgan fingerprint density at radius 3 is 2.83 bits per heavy atom. The van der Waals surface area contributed by atoms with Crippen LogP contribution in [0.4, 0.5) is 0 Å². The second-order valence-corrected chi connectivity index (χ2v) is 4.63. The van der Waals surface area contributed by atoms with Crippen LogP contribution in [0.3, 0.4) is 0 Å². The lowest BCUT2D eigenvalue weighted by atomic mass is 10.0. The number of benzene rings is 1. The molecule has 0 radical (unpaired) electrons. The predicted molar refractivity (Wildman–Crippen MR) is 65.7 cm³/mol. The standard InChI is InChI=1S/C13H16N2O3/c16-13(15-7-9-5-14-6-9)12-8-17-10-3-1-2-4-11(10)18-12/h1-4,9,12,14H,5-8H2,(H,15,16). The van der Waals surface area contributed by atoms with Crippen molar-refractivity contribution >= 4 is 5.91 Å². The Morgan fingerprint density at radius 2 is 2.11 bits per heavy atom. The third kappa shape index (κ3) is 2.26. The normalized spacial score (nSPS) is 22.1. The van der Waals surface area contributed by atoms with Gasteiger partial charge >= 0.3 is 0 Å². The van der Waals surface area contributed by atoms with Crippen molar-refractivity contribution in [3.05, 3.63) is 24.3 Å². The molecule has 0 aliphatic carbocycles. The van der Waals surface area contributed by atoms with Gasteiger partial charge in [-0.3, -0.25) is 4.79 Å². The van der Waals surface area contributed by atoms with Crippen molar-refractivity contribution < 1.29 is 14.3 Å². The van der Waals surface area contributed by atoms with Gasteiger partial charge in [-0.25, -0.2) is 0 Å². The van der Waals surface area contributed by atoms with Crippen LogP contribution in [-0.4, -0.2) is 38.3 Å². The molecule has 2 aliphatic rings. The molecule has 96 valence electrons. The molecule has 2 aliphatic heterocycles. The third-order valence-electron chi connectivity index (χ3n) is 3.23. The summed E-state index contributed by atoms with van der Waals surface area (Å²) >= 11 is 0. The quantitative estimate of drug-likeness (QED) is 0.800. The average Bonchev–Trinajstić information content (AvgIpc) is 2.36. The molecule has 1 aromatic carbocycles. The number of ether oxygens (including phenoxy) is 2. The molecule has 1 amide bonds. The lowest BCUT2D eigenvalue weighted by molar-refractivity contribution is -0.130. The van der Waals surface area contributed by atoms with Crippen LogP contribution >= 0.6 is 0 Å². The van der Waals surface area contributed by atoms with E-state index in [-0.39, 0.29) is 12.5 Å². The molecule has 0 aromatic heterocycles. The van der Waals surface area contributed by atoms with E-state index in [1.165, 1.54) is 0 Å². The molecule has 5 heteroatoms.